The van der Waals surface area contributed by atoms with Gasteiger partial charge in [0.05, 0.1) is 18.8 Å². The Hall–Kier alpha value is -1.70. The highest BCUT2D eigenvalue weighted by Crippen LogP contribution is 2.34. The zero-order valence-electron chi connectivity index (χ0n) is 14.4. The molecule has 6 nitrogen and oxygen atoms in total. The molecule has 24 heavy (non-hydrogen) atoms. The summed E-state index contributed by atoms with van der Waals surface area (Å²) in [6.07, 6.45) is 1.28. The van der Waals surface area contributed by atoms with Crippen LogP contribution in [0.1, 0.15) is 31.3 Å². The lowest BCUT2D eigenvalue weighted by Crippen LogP contribution is -2.53. The Morgan fingerprint density at radius 2 is 1.88 bits per heavy atom. The van der Waals surface area contributed by atoms with Crippen LogP contribution in [0.5, 0.6) is 0 Å². The summed E-state index contributed by atoms with van der Waals surface area (Å²) in [6, 6.07) is 9.18. The van der Waals surface area contributed by atoms with Gasteiger partial charge in [0.1, 0.15) is 5.82 Å². The molecule has 1 aliphatic heterocycles. The molecule has 130 valence electrons. The molecule has 1 saturated heterocycles. The predicted molar refractivity (Wildman–Crippen MR) is 91.0 cm³/mol. The minimum atomic E-state index is -3.68. The number of aryl methyl sites for hydroxylation is 2. The number of sulfonamides is 1. The lowest BCUT2D eigenvalue weighted by Gasteiger charge is -2.42. The maximum atomic E-state index is 13.1. The Labute approximate surface area is 143 Å². The van der Waals surface area contributed by atoms with Crippen LogP contribution in [0.3, 0.4) is 0 Å². The van der Waals surface area contributed by atoms with Gasteiger partial charge in [-0.2, -0.15) is 4.31 Å². The summed E-state index contributed by atoms with van der Waals surface area (Å²) in [5.74, 6) is 0.668. The van der Waals surface area contributed by atoms with Gasteiger partial charge in [-0.25, -0.2) is 13.4 Å². The van der Waals surface area contributed by atoms with Gasteiger partial charge in [-0.05, 0) is 26.3 Å². The van der Waals surface area contributed by atoms with E-state index in [2.05, 4.69) is 4.98 Å². The van der Waals surface area contributed by atoms with E-state index in [1.165, 1.54) is 4.31 Å². The van der Waals surface area contributed by atoms with Crippen molar-refractivity contribution < 1.29 is 13.2 Å². The van der Waals surface area contributed by atoms with Crippen LogP contribution in [0.15, 0.2) is 41.6 Å². The molecule has 1 aliphatic rings. The zero-order valence-corrected chi connectivity index (χ0v) is 15.2. The minimum absolute atomic E-state index is 0.0925. The molecule has 3 rings (SSSR count). The molecule has 7 heteroatoms. The summed E-state index contributed by atoms with van der Waals surface area (Å²) in [4.78, 5) is 4.22. The molecule has 0 amide bonds. The number of hydrogen-bond acceptors (Lipinski definition) is 4. The highest BCUT2D eigenvalue weighted by atomic mass is 32.2. The summed E-state index contributed by atoms with van der Waals surface area (Å²) in [6.45, 7) is 5.90. The van der Waals surface area contributed by atoms with Crippen LogP contribution < -0.4 is 0 Å². The van der Waals surface area contributed by atoms with E-state index in [4.69, 9.17) is 4.74 Å². The van der Waals surface area contributed by atoms with E-state index < -0.39 is 10.0 Å². The van der Waals surface area contributed by atoms with Crippen LogP contribution in [0.2, 0.25) is 0 Å². The number of imidazole rings is 1. The molecule has 2 heterocycles. The van der Waals surface area contributed by atoms with Gasteiger partial charge in [-0.1, -0.05) is 30.3 Å². The van der Waals surface area contributed by atoms with Gasteiger partial charge in [0.2, 0.25) is 0 Å². The van der Waals surface area contributed by atoms with Gasteiger partial charge in [-0.3, -0.25) is 0 Å². The smallest absolute Gasteiger partial charge is 0.262 e. The summed E-state index contributed by atoms with van der Waals surface area (Å²) >= 11 is 0. The van der Waals surface area contributed by atoms with Gasteiger partial charge < -0.3 is 9.30 Å². The number of hydrogen-bond donors (Lipinski definition) is 0. The lowest BCUT2D eigenvalue weighted by atomic mass is 10.0. The standard InChI is InChI=1S/C17H23N3O3S/c1-12-11-23-17(15-8-6-5-7-9-15)13(2)20(12)24(21,22)16-10-19(4)14(3)18-16/h5-10,12-13,17H,11H2,1-4H3/t12-,13+,17-/m1/s1. The van der Waals surface area contributed by atoms with Crippen molar-refractivity contribution in [1.29, 1.82) is 0 Å². The number of aromatic nitrogens is 2. The Morgan fingerprint density at radius 3 is 2.46 bits per heavy atom. The summed E-state index contributed by atoms with van der Waals surface area (Å²) in [5.41, 5.74) is 0.981. The van der Waals surface area contributed by atoms with Gasteiger partial charge in [0, 0.05) is 19.3 Å². The molecule has 0 saturated carbocycles. The van der Waals surface area contributed by atoms with Crippen molar-refractivity contribution in [3.8, 4) is 0 Å². The Kier molecular flexibility index (Phi) is 4.50. The van der Waals surface area contributed by atoms with Crippen LogP contribution >= 0.6 is 0 Å². The second kappa shape index (κ2) is 6.31. The van der Waals surface area contributed by atoms with Crippen LogP contribution in [-0.4, -0.2) is 41.0 Å². The highest BCUT2D eigenvalue weighted by Gasteiger charge is 2.42. The molecule has 2 aromatic rings. The van der Waals surface area contributed by atoms with E-state index in [1.54, 1.807) is 24.7 Å². The first-order chi connectivity index (χ1) is 11.3. The lowest BCUT2D eigenvalue weighted by molar-refractivity contribution is -0.0618. The molecule has 0 spiro atoms. The molecule has 3 atom stereocenters. The fourth-order valence-electron chi connectivity index (χ4n) is 3.22. The molecular weight excluding hydrogens is 326 g/mol. The average molecular weight is 349 g/mol. The summed E-state index contributed by atoms with van der Waals surface area (Å²) in [5, 5.41) is 0.0925. The molecule has 1 aromatic carbocycles. The van der Waals surface area contributed by atoms with Crippen LogP contribution in [0.25, 0.3) is 0 Å². The first-order valence-corrected chi connectivity index (χ1v) is 9.46. The Balaban J connectivity index is 1.98. The largest absolute Gasteiger partial charge is 0.370 e. The fourth-order valence-corrected chi connectivity index (χ4v) is 5.06. The van der Waals surface area contributed by atoms with Gasteiger partial charge in [0.25, 0.3) is 10.0 Å². The molecule has 1 aromatic heterocycles. The van der Waals surface area contributed by atoms with Crippen molar-refractivity contribution in [1.82, 2.24) is 13.9 Å². The van der Waals surface area contributed by atoms with E-state index in [1.807, 2.05) is 44.2 Å². The summed E-state index contributed by atoms with van der Waals surface area (Å²) in [7, 11) is -1.89. The third-order valence-electron chi connectivity index (χ3n) is 4.55. The number of nitrogens with zero attached hydrogens (tertiary/aromatic N) is 3. The predicted octanol–water partition coefficient (Wildman–Crippen LogP) is 2.27. The number of rotatable bonds is 3. The highest BCUT2D eigenvalue weighted by molar-refractivity contribution is 7.89. The minimum Gasteiger partial charge on any atom is -0.370 e. The maximum Gasteiger partial charge on any atom is 0.262 e. The second-order valence-corrected chi connectivity index (χ2v) is 8.12. The van der Waals surface area contributed by atoms with E-state index >= 15 is 0 Å². The number of ether oxygens (including phenoxy) is 1. The molecule has 0 aliphatic carbocycles. The SMILES string of the molecule is Cc1nc(S(=O)(=O)N2[C@H](C)CO[C@@H](c3ccccc3)[C@@H]2C)cn1C. The van der Waals surface area contributed by atoms with Crippen LogP contribution in [0, 0.1) is 6.92 Å². The molecular formula is C17H23N3O3S. The third kappa shape index (κ3) is 2.87. The quantitative estimate of drug-likeness (QED) is 0.853. The van der Waals surface area contributed by atoms with Crippen molar-refractivity contribution in [2.75, 3.05) is 6.61 Å². The summed E-state index contributed by atoms with van der Waals surface area (Å²) < 4.78 is 35.5. The van der Waals surface area contributed by atoms with Crippen molar-refractivity contribution in [3.63, 3.8) is 0 Å². The third-order valence-corrected chi connectivity index (χ3v) is 6.52. The molecule has 0 bridgehead atoms. The first kappa shape index (κ1) is 17.1. The fraction of sp³-hybridized carbons (Fsp3) is 0.471. The van der Waals surface area contributed by atoms with Crippen molar-refractivity contribution >= 4 is 10.0 Å². The second-order valence-electron chi connectivity index (χ2n) is 6.33. The monoisotopic (exact) mass is 349 g/mol. The van der Waals surface area contributed by atoms with Crippen molar-refractivity contribution in [3.05, 3.63) is 47.9 Å². The van der Waals surface area contributed by atoms with Crippen LogP contribution in [-0.2, 0) is 21.8 Å². The normalized spacial score (nSPS) is 25.8. The topological polar surface area (TPSA) is 64.4 Å². The van der Waals surface area contributed by atoms with E-state index in [0.29, 0.717) is 12.4 Å². The van der Waals surface area contributed by atoms with Gasteiger partial charge in [-0.15, -0.1) is 0 Å². The molecule has 1 fully saturated rings. The maximum absolute atomic E-state index is 13.1. The molecule has 0 N–H and O–H groups in total. The number of benzene rings is 1. The van der Waals surface area contributed by atoms with Crippen molar-refractivity contribution in [2.45, 2.75) is 44.0 Å². The van der Waals surface area contributed by atoms with Crippen LogP contribution in [0.4, 0.5) is 0 Å². The van der Waals surface area contributed by atoms with E-state index in [9.17, 15) is 8.42 Å². The average Bonchev–Trinajstić information content (AvgIpc) is 2.88. The van der Waals surface area contributed by atoms with E-state index in [0.717, 1.165) is 5.56 Å². The van der Waals surface area contributed by atoms with Gasteiger partial charge in [0.15, 0.2) is 5.03 Å². The first-order valence-electron chi connectivity index (χ1n) is 8.02. The number of morpholine rings is 1. The zero-order chi connectivity index (χ0) is 17.5. The van der Waals surface area contributed by atoms with E-state index in [-0.39, 0.29) is 23.2 Å². The molecule has 0 unspecified atom stereocenters. The Morgan fingerprint density at radius 1 is 1.21 bits per heavy atom. The van der Waals surface area contributed by atoms with Gasteiger partial charge >= 0.3 is 0 Å². The van der Waals surface area contributed by atoms with Crippen molar-refractivity contribution in [2.24, 2.45) is 7.05 Å². The Bertz CT molecular complexity index is 797. The molecule has 0 radical (unpaired) electrons.